The van der Waals surface area contributed by atoms with E-state index in [1.165, 1.54) is 11.8 Å². The van der Waals surface area contributed by atoms with E-state index in [1.54, 1.807) is 14.2 Å². The van der Waals surface area contributed by atoms with E-state index in [-0.39, 0.29) is 24.0 Å². The topological polar surface area (TPSA) is 83.0 Å². The summed E-state index contributed by atoms with van der Waals surface area (Å²) in [5, 5.41) is 3.29. The van der Waals surface area contributed by atoms with E-state index < -0.39 is 15.6 Å². The average Bonchev–Trinajstić information content (AvgIpc) is 3.03. The summed E-state index contributed by atoms with van der Waals surface area (Å²) in [6, 6.07) is 8.21. The molecule has 27 heavy (non-hydrogen) atoms. The maximum atomic E-state index is 11.5. The van der Waals surface area contributed by atoms with Gasteiger partial charge in [-0.05, 0) is 38.0 Å². The molecule has 0 amide bonds. The Morgan fingerprint density at radius 3 is 2.48 bits per heavy atom. The molecule has 1 aliphatic heterocycles. The summed E-state index contributed by atoms with van der Waals surface area (Å²) in [5.74, 6) is 2.10. The van der Waals surface area contributed by atoms with Crippen molar-refractivity contribution in [2.75, 3.05) is 40.0 Å². The van der Waals surface area contributed by atoms with Gasteiger partial charge < -0.3 is 15.0 Å². The minimum absolute atomic E-state index is 0. The van der Waals surface area contributed by atoms with Crippen molar-refractivity contribution in [2.45, 2.75) is 31.7 Å². The van der Waals surface area contributed by atoms with Gasteiger partial charge in [0.05, 0.1) is 13.4 Å². The fourth-order valence-corrected chi connectivity index (χ4v) is 4.35. The summed E-state index contributed by atoms with van der Waals surface area (Å²) in [5.41, 5.74) is 0.696. The molecule has 0 aromatic heterocycles. The molecule has 2 N–H and O–H groups in total. The molecule has 1 unspecified atom stereocenters. The molecule has 0 radical (unpaired) electrons. The summed E-state index contributed by atoms with van der Waals surface area (Å²) in [4.78, 5) is 6.57. The van der Waals surface area contributed by atoms with Gasteiger partial charge in [-0.2, -0.15) is 0 Å². The van der Waals surface area contributed by atoms with Crippen molar-refractivity contribution in [3.63, 3.8) is 0 Å². The Kier molecular flexibility index (Phi) is 8.81. The first kappa shape index (κ1) is 24.0. The quantitative estimate of drug-likeness (QED) is 0.348. The van der Waals surface area contributed by atoms with Crippen LogP contribution < -0.4 is 14.8 Å². The zero-order chi connectivity index (χ0) is 19.4. The number of benzene rings is 1. The first-order valence-corrected chi connectivity index (χ1v) is 10.6. The lowest BCUT2D eigenvalue weighted by atomic mass is 9.98. The Morgan fingerprint density at radius 1 is 1.33 bits per heavy atom. The molecule has 1 atom stereocenters. The number of nitrogens with one attached hydrogen (secondary N) is 2. The third-order valence-electron chi connectivity index (χ3n) is 4.44. The number of likely N-dealkylation sites (tertiary alicyclic amines) is 1. The van der Waals surface area contributed by atoms with Crippen LogP contribution in [0.5, 0.6) is 5.75 Å². The second-order valence-electron chi connectivity index (χ2n) is 7.36. The highest BCUT2D eigenvalue weighted by molar-refractivity contribution is 14.0. The van der Waals surface area contributed by atoms with Crippen molar-refractivity contribution >= 4 is 40.0 Å². The van der Waals surface area contributed by atoms with Crippen molar-refractivity contribution < 1.29 is 13.2 Å². The maximum Gasteiger partial charge on any atom is 0.209 e. The maximum absolute atomic E-state index is 11.5. The summed E-state index contributed by atoms with van der Waals surface area (Å²) >= 11 is 0. The Morgan fingerprint density at radius 2 is 1.96 bits per heavy atom. The molecule has 1 aromatic carbocycles. The predicted molar refractivity (Wildman–Crippen MR) is 121 cm³/mol. The van der Waals surface area contributed by atoms with Crippen molar-refractivity contribution in [3.8, 4) is 5.75 Å². The number of guanidine groups is 1. The van der Waals surface area contributed by atoms with Crippen LogP contribution in [0, 0.1) is 0 Å². The normalized spacial score (nSPS) is 18.2. The SMILES string of the molecule is CN=C(NCC(C)(C)NS(C)(=O)=O)N1CCC(c2ccc(OC)cc2)C1.I. The van der Waals surface area contributed by atoms with Crippen LogP contribution in [0.25, 0.3) is 0 Å². The van der Waals surface area contributed by atoms with Gasteiger partial charge in [0.1, 0.15) is 5.75 Å². The highest BCUT2D eigenvalue weighted by Crippen LogP contribution is 2.28. The lowest BCUT2D eigenvalue weighted by molar-refractivity contribution is 0.414. The van der Waals surface area contributed by atoms with Gasteiger partial charge in [0.25, 0.3) is 0 Å². The third-order valence-corrected chi connectivity index (χ3v) is 5.36. The lowest BCUT2D eigenvalue weighted by Crippen LogP contribution is -2.53. The lowest BCUT2D eigenvalue weighted by Gasteiger charge is -2.29. The number of hydrogen-bond acceptors (Lipinski definition) is 4. The standard InChI is InChI=1S/C18H30N4O3S.HI/c1-18(2,21-26(5,23)24)13-20-17(19-3)22-11-10-15(12-22)14-6-8-16(25-4)9-7-14;/h6-9,15,21H,10-13H2,1-5H3,(H,19,20);1H. The molecule has 1 heterocycles. The van der Waals surface area contributed by atoms with Crippen LogP contribution in [0.15, 0.2) is 29.3 Å². The number of aliphatic imine (C=N–C) groups is 1. The van der Waals surface area contributed by atoms with Crippen molar-refractivity contribution in [3.05, 3.63) is 29.8 Å². The van der Waals surface area contributed by atoms with Crippen molar-refractivity contribution in [2.24, 2.45) is 4.99 Å². The summed E-state index contributed by atoms with van der Waals surface area (Å²) in [6.07, 6.45) is 2.22. The van der Waals surface area contributed by atoms with E-state index in [4.69, 9.17) is 4.74 Å². The smallest absolute Gasteiger partial charge is 0.209 e. The fourth-order valence-electron chi connectivity index (χ4n) is 3.27. The highest BCUT2D eigenvalue weighted by Gasteiger charge is 2.28. The van der Waals surface area contributed by atoms with Crippen LogP contribution in [0.2, 0.25) is 0 Å². The van der Waals surface area contributed by atoms with Gasteiger partial charge in [0.15, 0.2) is 5.96 Å². The van der Waals surface area contributed by atoms with E-state index in [0.29, 0.717) is 12.5 Å². The molecule has 7 nitrogen and oxygen atoms in total. The number of methoxy groups -OCH3 is 1. The number of sulfonamides is 1. The second kappa shape index (κ2) is 9.92. The predicted octanol–water partition coefficient (Wildman–Crippen LogP) is 2.01. The fraction of sp³-hybridized carbons (Fsp3) is 0.611. The molecule has 2 rings (SSSR count). The Bertz CT molecular complexity index is 735. The molecule has 0 aliphatic carbocycles. The molecule has 1 aromatic rings. The van der Waals surface area contributed by atoms with E-state index in [2.05, 4.69) is 32.1 Å². The molecule has 1 aliphatic rings. The molecule has 154 valence electrons. The number of ether oxygens (including phenoxy) is 1. The van der Waals surface area contributed by atoms with E-state index in [1.807, 2.05) is 26.0 Å². The molecular formula is C18H31IN4O3S. The van der Waals surface area contributed by atoms with Crippen LogP contribution in [-0.2, 0) is 10.0 Å². The van der Waals surface area contributed by atoms with Crippen LogP contribution in [0.4, 0.5) is 0 Å². The zero-order valence-electron chi connectivity index (χ0n) is 16.7. The molecule has 9 heteroatoms. The van der Waals surface area contributed by atoms with Gasteiger partial charge in [-0.25, -0.2) is 13.1 Å². The Balaban J connectivity index is 0.00000364. The van der Waals surface area contributed by atoms with Crippen molar-refractivity contribution in [1.29, 1.82) is 0 Å². The molecule has 0 saturated carbocycles. The number of nitrogens with zero attached hydrogens (tertiary/aromatic N) is 2. The number of rotatable bonds is 6. The van der Waals surface area contributed by atoms with Crippen LogP contribution >= 0.6 is 24.0 Å². The minimum Gasteiger partial charge on any atom is -0.497 e. The Hall–Kier alpha value is -1.07. The first-order valence-electron chi connectivity index (χ1n) is 8.72. The van der Waals surface area contributed by atoms with Crippen LogP contribution in [0.1, 0.15) is 31.7 Å². The molecule has 1 saturated heterocycles. The van der Waals surface area contributed by atoms with Gasteiger partial charge in [-0.1, -0.05) is 12.1 Å². The summed E-state index contributed by atoms with van der Waals surface area (Å²) in [6.45, 7) is 5.94. The Labute approximate surface area is 180 Å². The molecule has 0 spiro atoms. The van der Waals surface area contributed by atoms with Gasteiger partial charge >= 0.3 is 0 Å². The molecule has 1 fully saturated rings. The molecular weight excluding hydrogens is 479 g/mol. The van der Waals surface area contributed by atoms with Crippen LogP contribution in [-0.4, -0.2) is 64.9 Å². The van der Waals surface area contributed by atoms with Gasteiger partial charge in [-0.3, -0.25) is 4.99 Å². The van der Waals surface area contributed by atoms with E-state index in [9.17, 15) is 8.42 Å². The average molecular weight is 510 g/mol. The zero-order valence-corrected chi connectivity index (χ0v) is 19.8. The highest BCUT2D eigenvalue weighted by atomic mass is 127. The minimum atomic E-state index is -3.26. The number of hydrogen-bond donors (Lipinski definition) is 2. The second-order valence-corrected chi connectivity index (χ2v) is 9.11. The summed E-state index contributed by atoms with van der Waals surface area (Å²) in [7, 11) is 0.159. The van der Waals surface area contributed by atoms with E-state index >= 15 is 0 Å². The van der Waals surface area contributed by atoms with Crippen LogP contribution in [0.3, 0.4) is 0 Å². The third kappa shape index (κ3) is 7.46. The van der Waals surface area contributed by atoms with E-state index in [0.717, 1.165) is 31.2 Å². The van der Waals surface area contributed by atoms with Crippen molar-refractivity contribution in [1.82, 2.24) is 14.9 Å². The number of halogens is 1. The van der Waals surface area contributed by atoms with Gasteiger partial charge in [0.2, 0.25) is 10.0 Å². The molecule has 0 bridgehead atoms. The summed E-state index contributed by atoms with van der Waals surface area (Å²) < 4.78 is 30.8. The first-order chi connectivity index (χ1) is 12.1. The van der Waals surface area contributed by atoms with Gasteiger partial charge in [-0.15, -0.1) is 24.0 Å². The monoisotopic (exact) mass is 510 g/mol. The van der Waals surface area contributed by atoms with Gasteiger partial charge in [0, 0.05) is 38.1 Å². The largest absolute Gasteiger partial charge is 0.497 e.